The minimum absolute atomic E-state index is 0.269. The number of benzene rings is 2. The third-order valence-electron chi connectivity index (χ3n) is 3.10. The molecule has 6 heteroatoms. The smallest absolute Gasteiger partial charge is 0.336 e. The van der Waals surface area contributed by atoms with Crippen molar-refractivity contribution in [2.24, 2.45) is 0 Å². The Labute approximate surface area is 136 Å². The van der Waals surface area contributed by atoms with E-state index in [0.717, 1.165) is 10.0 Å². The zero-order valence-electron chi connectivity index (χ0n) is 12.1. The number of hydrogen-bond donors (Lipinski definition) is 3. The van der Waals surface area contributed by atoms with E-state index in [1.807, 2.05) is 6.07 Å². The molecule has 0 heterocycles. The lowest BCUT2D eigenvalue weighted by Gasteiger charge is -2.02. The predicted octanol–water partition coefficient (Wildman–Crippen LogP) is 3.73. The summed E-state index contributed by atoms with van der Waals surface area (Å²) in [5.74, 6) is -1.82. The lowest BCUT2D eigenvalue weighted by Crippen LogP contribution is -2.01. The Morgan fingerprint density at radius 1 is 0.909 bits per heavy atom. The van der Waals surface area contributed by atoms with E-state index < -0.39 is 11.9 Å². The molecule has 0 aliphatic heterocycles. The first-order chi connectivity index (χ1) is 10.3. The maximum absolute atomic E-state index is 10.6. The van der Waals surface area contributed by atoms with Crippen LogP contribution in [0, 0.1) is 13.8 Å². The molecule has 2 aromatic carbocycles. The third-order valence-corrected chi connectivity index (χ3v) is 3.96. The second kappa shape index (κ2) is 7.61. The van der Waals surface area contributed by atoms with Gasteiger partial charge in [0.05, 0.1) is 11.1 Å². The molecule has 0 aliphatic carbocycles. The molecule has 0 spiro atoms. The maximum Gasteiger partial charge on any atom is 0.336 e. The molecule has 2 aromatic rings. The van der Waals surface area contributed by atoms with Crippen molar-refractivity contribution in [3.05, 3.63) is 63.1 Å². The summed E-state index contributed by atoms with van der Waals surface area (Å²) in [5, 5.41) is 17.3. The van der Waals surface area contributed by atoms with Crippen LogP contribution in [0.5, 0.6) is 0 Å². The molecule has 0 aliphatic rings. The molecule has 4 N–H and O–H groups in total. The standard InChI is InChI=1S/C8H7BrO2.C8H9NO2/c2*1-5-6(8(10)11)3-2-4-7(5)9/h2-4H,1H3,(H,10,11);2-4H,9H2,1H3,(H,10,11). The molecule has 0 saturated carbocycles. The highest BCUT2D eigenvalue weighted by Gasteiger charge is 2.07. The largest absolute Gasteiger partial charge is 0.478 e. The first kappa shape index (κ1) is 17.7. The van der Waals surface area contributed by atoms with Crippen molar-refractivity contribution in [1.82, 2.24) is 0 Å². The van der Waals surface area contributed by atoms with E-state index in [0.29, 0.717) is 16.8 Å². The molecule has 2 rings (SSSR count). The van der Waals surface area contributed by atoms with Gasteiger partial charge in [0.15, 0.2) is 0 Å². The molecular weight excluding hydrogens is 350 g/mol. The zero-order chi connectivity index (χ0) is 16.9. The molecule has 116 valence electrons. The topological polar surface area (TPSA) is 101 Å². The molecule has 0 atom stereocenters. The van der Waals surface area contributed by atoms with Gasteiger partial charge >= 0.3 is 11.9 Å². The summed E-state index contributed by atoms with van der Waals surface area (Å²) in [6, 6.07) is 9.96. The van der Waals surface area contributed by atoms with Gasteiger partial charge in [-0.3, -0.25) is 0 Å². The summed E-state index contributed by atoms with van der Waals surface area (Å²) in [7, 11) is 0. The first-order valence-corrected chi connectivity index (χ1v) is 7.11. The number of carboxylic acid groups (broad SMARTS) is 2. The van der Waals surface area contributed by atoms with Gasteiger partial charge < -0.3 is 15.9 Å². The number of carboxylic acids is 2. The molecule has 0 aromatic heterocycles. The predicted molar refractivity (Wildman–Crippen MR) is 88.4 cm³/mol. The Morgan fingerprint density at radius 2 is 1.36 bits per heavy atom. The van der Waals surface area contributed by atoms with E-state index in [4.69, 9.17) is 15.9 Å². The SMILES string of the molecule is Cc1c(Br)cccc1C(=O)O.Cc1c(N)cccc1C(=O)O. The zero-order valence-corrected chi connectivity index (χ0v) is 13.7. The maximum atomic E-state index is 10.6. The average Bonchev–Trinajstić information content (AvgIpc) is 2.45. The Kier molecular flexibility index (Phi) is 6.12. The van der Waals surface area contributed by atoms with E-state index in [1.165, 1.54) is 6.07 Å². The molecule has 0 bridgehead atoms. The molecule has 5 nitrogen and oxygen atoms in total. The molecule has 0 fully saturated rings. The van der Waals surface area contributed by atoms with E-state index in [-0.39, 0.29) is 5.56 Å². The fourth-order valence-electron chi connectivity index (χ4n) is 1.72. The number of nitrogen functional groups attached to an aromatic ring is 1. The number of nitrogens with two attached hydrogens (primary N) is 1. The van der Waals surface area contributed by atoms with Crippen molar-refractivity contribution in [2.75, 3.05) is 5.73 Å². The molecule has 0 radical (unpaired) electrons. The molecular formula is C16H16BrNO4. The van der Waals surface area contributed by atoms with Gasteiger partial charge in [0.2, 0.25) is 0 Å². The van der Waals surface area contributed by atoms with E-state index >= 15 is 0 Å². The first-order valence-electron chi connectivity index (χ1n) is 6.32. The summed E-state index contributed by atoms with van der Waals surface area (Å²) in [6.07, 6.45) is 0. The van der Waals surface area contributed by atoms with Gasteiger partial charge in [-0.05, 0) is 49.2 Å². The van der Waals surface area contributed by atoms with Crippen LogP contribution in [0.2, 0.25) is 0 Å². The van der Waals surface area contributed by atoms with Crippen molar-refractivity contribution in [3.8, 4) is 0 Å². The number of aromatic carboxylic acids is 2. The van der Waals surface area contributed by atoms with Crippen LogP contribution in [0.25, 0.3) is 0 Å². The highest BCUT2D eigenvalue weighted by atomic mass is 79.9. The number of carbonyl (C=O) groups is 2. The number of rotatable bonds is 2. The van der Waals surface area contributed by atoms with Crippen molar-refractivity contribution >= 4 is 33.6 Å². The lowest BCUT2D eigenvalue weighted by molar-refractivity contribution is 0.0685. The van der Waals surface area contributed by atoms with Crippen LogP contribution >= 0.6 is 15.9 Å². The Balaban J connectivity index is 0.000000220. The minimum atomic E-state index is -0.935. The van der Waals surface area contributed by atoms with Crippen molar-refractivity contribution < 1.29 is 19.8 Å². The van der Waals surface area contributed by atoms with E-state index in [9.17, 15) is 9.59 Å². The molecule has 0 unspecified atom stereocenters. The van der Waals surface area contributed by atoms with Crippen molar-refractivity contribution in [3.63, 3.8) is 0 Å². The molecule has 22 heavy (non-hydrogen) atoms. The fraction of sp³-hybridized carbons (Fsp3) is 0.125. The summed E-state index contributed by atoms with van der Waals surface area (Å²) in [4.78, 5) is 21.1. The van der Waals surface area contributed by atoms with Crippen LogP contribution in [-0.4, -0.2) is 22.2 Å². The second-order valence-corrected chi connectivity index (χ2v) is 5.40. The Morgan fingerprint density at radius 3 is 1.77 bits per heavy atom. The Hall–Kier alpha value is -2.34. The van der Waals surface area contributed by atoms with Crippen LogP contribution in [0.1, 0.15) is 31.8 Å². The third kappa shape index (κ3) is 4.33. The second-order valence-electron chi connectivity index (χ2n) is 4.54. The molecule has 0 amide bonds. The van der Waals surface area contributed by atoms with Crippen LogP contribution in [0.4, 0.5) is 5.69 Å². The minimum Gasteiger partial charge on any atom is -0.478 e. The summed E-state index contributed by atoms with van der Waals surface area (Å²) in [5.41, 5.74) is 8.02. The van der Waals surface area contributed by atoms with Gasteiger partial charge in [0, 0.05) is 10.2 Å². The fourth-order valence-corrected chi connectivity index (χ4v) is 2.09. The summed E-state index contributed by atoms with van der Waals surface area (Å²) < 4.78 is 0.831. The number of anilines is 1. The highest BCUT2D eigenvalue weighted by molar-refractivity contribution is 9.10. The van der Waals surface area contributed by atoms with E-state index in [2.05, 4.69) is 15.9 Å². The van der Waals surface area contributed by atoms with Gasteiger partial charge in [-0.2, -0.15) is 0 Å². The molecule has 0 saturated heterocycles. The van der Waals surface area contributed by atoms with Gasteiger partial charge in [-0.15, -0.1) is 0 Å². The quantitative estimate of drug-likeness (QED) is 0.703. The average molecular weight is 366 g/mol. The summed E-state index contributed by atoms with van der Waals surface area (Å²) >= 11 is 3.25. The van der Waals surface area contributed by atoms with Crippen LogP contribution in [0.15, 0.2) is 40.9 Å². The number of halogens is 1. The number of hydrogen-bond acceptors (Lipinski definition) is 3. The normalized spacial score (nSPS) is 9.59. The van der Waals surface area contributed by atoms with Crippen molar-refractivity contribution in [1.29, 1.82) is 0 Å². The van der Waals surface area contributed by atoms with Crippen molar-refractivity contribution in [2.45, 2.75) is 13.8 Å². The van der Waals surface area contributed by atoms with Crippen LogP contribution < -0.4 is 5.73 Å². The van der Waals surface area contributed by atoms with Gasteiger partial charge in [0.25, 0.3) is 0 Å². The lowest BCUT2D eigenvalue weighted by atomic mass is 10.1. The van der Waals surface area contributed by atoms with Crippen LogP contribution in [0.3, 0.4) is 0 Å². The monoisotopic (exact) mass is 365 g/mol. The highest BCUT2D eigenvalue weighted by Crippen LogP contribution is 2.19. The summed E-state index contributed by atoms with van der Waals surface area (Å²) in [6.45, 7) is 3.46. The van der Waals surface area contributed by atoms with E-state index in [1.54, 1.807) is 38.1 Å². The van der Waals surface area contributed by atoms with Gasteiger partial charge in [-0.25, -0.2) is 9.59 Å². The van der Waals surface area contributed by atoms with Gasteiger partial charge in [0.1, 0.15) is 0 Å². The Bertz CT molecular complexity index is 652. The van der Waals surface area contributed by atoms with Gasteiger partial charge in [-0.1, -0.05) is 28.1 Å². The van der Waals surface area contributed by atoms with Crippen LogP contribution in [-0.2, 0) is 0 Å².